The van der Waals surface area contributed by atoms with Gasteiger partial charge in [-0.05, 0) is 52.9 Å². The minimum Gasteiger partial charge on any atom is -0.115 e. The molecule has 0 aliphatic heterocycles. The molecule has 2 aromatic carbocycles. The predicted molar refractivity (Wildman–Crippen MR) is 78.3 cm³/mol. The van der Waals surface area contributed by atoms with Crippen molar-refractivity contribution in [1.82, 2.24) is 0 Å². The van der Waals surface area contributed by atoms with Crippen LogP contribution in [-0.2, 0) is 6.42 Å². The second-order valence-corrected chi connectivity index (χ2v) is 5.18. The van der Waals surface area contributed by atoms with Crippen molar-refractivity contribution < 1.29 is 0 Å². The van der Waals surface area contributed by atoms with E-state index in [1.54, 1.807) is 0 Å². The van der Waals surface area contributed by atoms with Crippen LogP contribution in [0.25, 0.3) is 11.1 Å². The first kappa shape index (κ1) is 11.1. The number of halogens is 1. The summed E-state index contributed by atoms with van der Waals surface area (Å²) < 4.78 is 1.06. The summed E-state index contributed by atoms with van der Waals surface area (Å²) in [6.07, 6.45) is 11.8. The SMILES string of the molecule is C#Cc1ccc2c(c1)Cc1cc(C#C)cc(Br)c1-2. The van der Waals surface area contributed by atoms with Crippen LogP contribution in [-0.4, -0.2) is 0 Å². The zero-order chi connectivity index (χ0) is 12.7. The van der Waals surface area contributed by atoms with Crippen LogP contribution in [0.4, 0.5) is 0 Å². The van der Waals surface area contributed by atoms with Gasteiger partial charge in [0.1, 0.15) is 0 Å². The van der Waals surface area contributed by atoms with E-state index < -0.39 is 0 Å². The maximum atomic E-state index is 5.47. The van der Waals surface area contributed by atoms with Crippen LogP contribution in [0.3, 0.4) is 0 Å². The molecule has 2 aromatic rings. The van der Waals surface area contributed by atoms with Crippen LogP contribution >= 0.6 is 15.9 Å². The standard InChI is InChI=1S/C17H9Br/c1-3-11-5-6-15-13(7-11)10-14-8-12(4-2)9-16(18)17(14)15/h1-2,5-9H,10H2. The molecule has 1 aliphatic carbocycles. The smallest absolute Gasteiger partial charge is 0.0269 e. The van der Waals surface area contributed by atoms with E-state index in [4.69, 9.17) is 12.8 Å². The van der Waals surface area contributed by atoms with E-state index in [2.05, 4.69) is 46.0 Å². The molecule has 0 saturated carbocycles. The Morgan fingerprint density at radius 3 is 2.39 bits per heavy atom. The molecule has 1 aliphatic rings. The molecule has 0 atom stereocenters. The molecule has 0 saturated heterocycles. The minimum atomic E-state index is 0.897. The zero-order valence-electron chi connectivity index (χ0n) is 9.63. The lowest BCUT2D eigenvalue weighted by Gasteiger charge is -2.05. The average Bonchev–Trinajstić information content (AvgIpc) is 2.75. The molecule has 0 nitrogen and oxygen atoms in total. The van der Waals surface area contributed by atoms with Gasteiger partial charge in [0.2, 0.25) is 0 Å². The van der Waals surface area contributed by atoms with Crippen molar-refractivity contribution in [3.63, 3.8) is 0 Å². The normalized spacial score (nSPS) is 11.3. The van der Waals surface area contributed by atoms with E-state index in [1.165, 1.54) is 22.3 Å². The quantitative estimate of drug-likeness (QED) is 0.550. The number of hydrogen-bond donors (Lipinski definition) is 0. The van der Waals surface area contributed by atoms with Gasteiger partial charge in [0.25, 0.3) is 0 Å². The lowest BCUT2D eigenvalue weighted by atomic mass is 10.0. The van der Waals surface area contributed by atoms with Gasteiger partial charge >= 0.3 is 0 Å². The number of hydrogen-bond acceptors (Lipinski definition) is 0. The predicted octanol–water partition coefficient (Wildman–Crippen LogP) is 3.98. The fourth-order valence-corrected chi connectivity index (χ4v) is 3.18. The molecule has 0 radical (unpaired) electrons. The van der Waals surface area contributed by atoms with Gasteiger partial charge in [-0.1, -0.05) is 33.8 Å². The first-order valence-electron chi connectivity index (χ1n) is 5.62. The molecule has 0 bridgehead atoms. The van der Waals surface area contributed by atoms with Gasteiger partial charge in [-0.15, -0.1) is 12.8 Å². The van der Waals surface area contributed by atoms with Crippen LogP contribution in [0.1, 0.15) is 22.3 Å². The summed E-state index contributed by atoms with van der Waals surface area (Å²) in [5.74, 6) is 5.36. The summed E-state index contributed by atoms with van der Waals surface area (Å²) in [7, 11) is 0. The second-order valence-electron chi connectivity index (χ2n) is 4.33. The number of fused-ring (bicyclic) bond motifs is 3. The molecular formula is C17H9Br. The average molecular weight is 293 g/mol. The van der Waals surface area contributed by atoms with E-state index in [9.17, 15) is 0 Å². The van der Waals surface area contributed by atoms with E-state index in [0.717, 1.165) is 22.0 Å². The third-order valence-electron chi connectivity index (χ3n) is 3.26. The first-order valence-corrected chi connectivity index (χ1v) is 6.41. The molecule has 0 N–H and O–H groups in total. The summed E-state index contributed by atoms with van der Waals surface area (Å²) in [6.45, 7) is 0. The minimum absolute atomic E-state index is 0.897. The Bertz CT molecular complexity index is 739. The van der Waals surface area contributed by atoms with Gasteiger partial charge in [0.05, 0.1) is 0 Å². The van der Waals surface area contributed by atoms with E-state index in [0.29, 0.717) is 0 Å². The summed E-state index contributed by atoms with van der Waals surface area (Å²) in [6, 6.07) is 10.2. The molecule has 1 heteroatoms. The van der Waals surface area contributed by atoms with Crippen LogP contribution in [0.5, 0.6) is 0 Å². The number of terminal acetylenes is 2. The maximum Gasteiger partial charge on any atom is 0.0269 e. The Labute approximate surface area is 115 Å². The summed E-state index contributed by atoms with van der Waals surface area (Å²) in [5.41, 5.74) is 6.87. The van der Waals surface area contributed by atoms with Crippen LogP contribution in [0.2, 0.25) is 0 Å². The van der Waals surface area contributed by atoms with Crippen molar-refractivity contribution >= 4 is 15.9 Å². The van der Waals surface area contributed by atoms with Gasteiger partial charge in [-0.3, -0.25) is 0 Å². The fraction of sp³-hybridized carbons (Fsp3) is 0.0588. The van der Waals surface area contributed by atoms with E-state index >= 15 is 0 Å². The van der Waals surface area contributed by atoms with Crippen LogP contribution in [0, 0.1) is 24.7 Å². The topological polar surface area (TPSA) is 0 Å². The Hall–Kier alpha value is -1.96. The van der Waals surface area contributed by atoms with Crippen molar-refractivity contribution in [2.24, 2.45) is 0 Å². The Kier molecular flexibility index (Phi) is 2.51. The van der Waals surface area contributed by atoms with E-state index in [1.807, 2.05) is 12.1 Å². The number of benzene rings is 2. The molecule has 0 spiro atoms. The molecule has 0 amide bonds. The molecular weight excluding hydrogens is 284 g/mol. The third kappa shape index (κ3) is 1.57. The summed E-state index contributed by atoms with van der Waals surface area (Å²) >= 11 is 3.61. The monoisotopic (exact) mass is 292 g/mol. The third-order valence-corrected chi connectivity index (χ3v) is 3.89. The summed E-state index contributed by atoms with van der Waals surface area (Å²) in [4.78, 5) is 0. The fourth-order valence-electron chi connectivity index (χ4n) is 2.47. The Morgan fingerprint density at radius 1 is 0.944 bits per heavy atom. The Balaban J connectivity index is 2.25. The van der Waals surface area contributed by atoms with Crippen molar-refractivity contribution in [3.05, 3.63) is 57.1 Å². The largest absolute Gasteiger partial charge is 0.115 e. The maximum absolute atomic E-state index is 5.47. The van der Waals surface area contributed by atoms with Gasteiger partial charge in [0, 0.05) is 15.6 Å². The first-order chi connectivity index (χ1) is 8.72. The highest BCUT2D eigenvalue weighted by molar-refractivity contribution is 9.10. The highest BCUT2D eigenvalue weighted by Crippen LogP contribution is 2.42. The highest BCUT2D eigenvalue weighted by Gasteiger charge is 2.21. The van der Waals surface area contributed by atoms with Crippen molar-refractivity contribution in [2.75, 3.05) is 0 Å². The van der Waals surface area contributed by atoms with Gasteiger partial charge in [0.15, 0.2) is 0 Å². The summed E-state index contributed by atoms with van der Waals surface area (Å²) in [5, 5.41) is 0. The second kappa shape index (κ2) is 4.05. The van der Waals surface area contributed by atoms with Crippen molar-refractivity contribution in [1.29, 1.82) is 0 Å². The molecule has 0 fully saturated rings. The molecule has 0 unspecified atom stereocenters. The van der Waals surface area contributed by atoms with Crippen LogP contribution < -0.4 is 0 Å². The zero-order valence-corrected chi connectivity index (χ0v) is 11.2. The van der Waals surface area contributed by atoms with Gasteiger partial charge in [-0.2, -0.15) is 0 Å². The van der Waals surface area contributed by atoms with Crippen molar-refractivity contribution in [3.8, 4) is 35.8 Å². The van der Waals surface area contributed by atoms with Crippen LogP contribution in [0.15, 0.2) is 34.8 Å². The Morgan fingerprint density at radius 2 is 1.67 bits per heavy atom. The number of rotatable bonds is 0. The molecule has 18 heavy (non-hydrogen) atoms. The highest BCUT2D eigenvalue weighted by atomic mass is 79.9. The lowest BCUT2D eigenvalue weighted by molar-refractivity contribution is 1.25. The molecule has 3 rings (SSSR count). The molecule has 0 aromatic heterocycles. The molecule has 84 valence electrons. The molecule has 0 heterocycles. The van der Waals surface area contributed by atoms with Crippen molar-refractivity contribution in [2.45, 2.75) is 6.42 Å². The van der Waals surface area contributed by atoms with Gasteiger partial charge < -0.3 is 0 Å². The lowest BCUT2D eigenvalue weighted by Crippen LogP contribution is -1.84. The van der Waals surface area contributed by atoms with Gasteiger partial charge in [-0.25, -0.2) is 0 Å². The van der Waals surface area contributed by atoms with E-state index in [-0.39, 0.29) is 0 Å².